The predicted octanol–water partition coefficient (Wildman–Crippen LogP) is 6.06. The molecule has 0 aliphatic rings. The van der Waals surface area contributed by atoms with Gasteiger partial charge in [0.2, 0.25) is 0 Å². The zero-order valence-electron chi connectivity index (χ0n) is 16.4. The molecule has 0 fully saturated rings. The topological polar surface area (TPSA) is 9.23 Å². The number of benzene rings is 1. The van der Waals surface area contributed by atoms with Crippen molar-refractivity contribution in [1.29, 1.82) is 0 Å². The van der Waals surface area contributed by atoms with Gasteiger partial charge >= 0.3 is 0 Å². The van der Waals surface area contributed by atoms with E-state index in [1.165, 1.54) is 82.0 Å². The molecule has 0 bridgehead atoms. The van der Waals surface area contributed by atoms with Gasteiger partial charge < -0.3 is 9.22 Å². The molecule has 0 saturated heterocycles. The highest BCUT2D eigenvalue weighted by Crippen LogP contribution is 2.17. The molecule has 0 amide bonds. The predicted molar refractivity (Wildman–Crippen MR) is 106 cm³/mol. The molecule has 0 unspecified atom stereocenters. The number of unbranched alkanes of at least 4 members (excludes halogenated alkanes) is 4. The van der Waals surface area contributed by atoms with Gasteiger partial charge in [0.1, 0.15) is 5.75 Å². The van der Waals surface area contributed by atoms with Crippen LogP contribution in [-0.2, 0) is 0 Å². The summed E-state index contributed by atoms with van der Waals surface area (Å²) in [5.74, 6) is 1.00. The lowest BCUT2D eigenvalue weighted by molar-refractivity contribution is -0.929. The molecular weight excluding hydrogens is 294 g/mol. The molecule has 24 heavy (non-hydrogen) atoms. The maximum Gasteiger partial charge on any atom is 0.119 e. The van der Waals surface area contributed by atoms with E-state index in [9.17, 15) is 0 Å². The van der Waals surface area contributed by atoms with Crippen LogP contribution in [0.15, 0.2) is 30.3 Å². The lowest BCUT2D eigenvalue weighted by atomic mass is 10.1. The lowest BCUT2D eigenvalue weighted by Gasteiger charge is -2.39. The molecular formula is C22H40NO+. The fourth-order valence-electron chi connectivity index (χ4n) is 3.41. The van der Waals surface area contributed by atoms with Gasteiger partial charge in [-0.05, 0) is 44.2 Å². The minimum absolute atomic E-state index is 0.847. The highest BCUT2D eigenvalue weighted by atomic mass is 16.5. The Bertz CT molecular complexity index is 368. The average Bonchev–Trinajstić information content (AvgIpc) is 2.63. The van der Waals surface area contributed by atoms with Gasteiger partial charge in [0.25, 0.3) is 0 Å². The summed E-state index contributed by atoms with van der Waals surface area (Å²) >= 11 is 0. The first-order valence-corrected chi connectivity index (χ1v) is 10.3. The largest absolute Gasteiger partial charge is 0.494 e. The van der Waals surface area contributed by atoms with Crippen LogP contribution in [0.2, 0.25) is 0 Å². The zero-order chi connectivity index (χ0) is 17.5. The van der Waals surface area contributed by atoms with Crippen LogP contribution in [0.3, 0.4) is 0 Å². The quantitative estimate of drug-likeness (QED) is 0.280. The highest BCUT2D eigenvalue weighted by Gasteiger charge is 2.25. The zero-order valence-corrected chi connectivity index (χ0v) is 16.4. The second kappa shape index (κ2) is 13.3. The molecule has 0 radical (unpaired) electrons. The Morgan fingerprint density at radius 2 is 1.17 bits per heavy atom. The first-order chi connectivity index (χ1) is 11.8. The summed E-state index contributed by atoms with van der Waals surface area (Å²) in [6.45, 7) is 13.3. The van der Waals surface area contributed by atoms with Gasteiger partial charge in [0, 0.05) is 0 Å². The van der Waals surface area contributed by atoms with E-state index >= 15 is 0 Å². The number of ether oxygens (including phenoxy) is 1. The van der Waals surface area contributed by atoms with E-state index in [0.717, 1.165) is 12.4 Å². The van der Waals surface area contributed by atoms with Crippen molar-refractivity contribution in [3.8, 4) is 5.75 Å². The minimum Gasteiger partial charge on any atom is -0.494 e. The Balaban J connectivity index is 2.42. The van der Waals surface area contributed by atoms with Gasteiger partial charge in [0.05, 0.1) is 32.8 Å². The minimum atomic E-state index is 0.847. The third-order valence-corrected chi connectivity index (χ3v) is 5.00. The van der Waals surface area contributed by atoms with Crippen molar-refractivity contribution < 1.29 is 9.22 Å². The van der Waals surface area contributed by atoms with Crippen molar-refractivity contribution in [3.05, 3.63) is 30.3 Å². The second-order valence-electron chi connectivity index (χ2n) is 7.17. The molecule has 138 valence electrons. The Morgan fingerprint density at radius 1 is 0.667 bits per heavy atom. The maximum atomic E-state index is 5.86. The molecule has 0 saturated carbocycles. The summed E-state index contributed by atoms with van der Waals surface area (Å²) in [6, 6.07) is 10.2. The van der Waals surface area contributed by atoms with Gasteiger partial charge in [-0.3, -0.25) is 0 Å². The number of quaternary nitrogens is 1. The molecule has 1 aromatic carbocycles. The number of rotatable bonds is 15. The monoisotopic (exact) mass is 334 g/mol. The van der Waals surface area contributed by atoms with Gasteiger partial charge in [-0.15, -0.1) is 0 Å². The maximum absolute atomic E-state index is 5.86. The van der Waals surface area contributed by atoms with Crippen molar-refractivity contribution in [2.24, 2.45) is 0 Å². The number of nitrogens with zero attached hydrogens (tertiary/aromatic N) is 1. The van der Waals surface area contributed by atoms with E-state index in [1.807, 2.05) is 30.3 Å². The van der Waals surface area contributed by atoms with Crippen molar-refractivity contribution in [1.82, 2.24) is 0 Å². The smallest absolute Gasteiger partial charge is 0.119 e. The van der Waals surface area contributed by atoms with Crippen LogP contribution in [0.1, 0.15) is 72.1 Å². The summed E-state index contributed by atoms with van der Waals surface area (Å²) in [6.07, 6.45) is 10.5. The molecule has 0 heterocycles. The van der Waals surface area contributed by atoms with Crippen LogP contribution in [-0.4, -0.2) is 37.3 Å². The standard InChI is InChI=1S/C22H40NO/c1-4-7-17-23(18-8-5-2,19-9-6-3)20-13-14-21-24-22-15-11-10-12-16-22/h10-12,15-16H,4-9,13-14,17-21H2,1-3H3/q+1. The molecule has 0 N–H and O–H groups in total. The third kappa shape index (κ3) is 8.73. The highest BCUT2D eigenvalue weighted by molar-refractivity contribution is 5.20. The number of hydrogen-bond donors (Lipinski definition) is 0. The van der Waals surface area contributed by atoms with E-state index < -0.39 is 0 Å². The molecule has 0 aromatic heterocycles. The molecule has 2 nitrogen and oxygen atoms in total. The molecule has 0 aliphatic heterocycles. The van der Waals surface area contributed by atoms with Crippen LogP contribution in [0.25, 0.3) is 0 Å². The van der Waals surface area contributed by atoms with E-state index in [4.69, 9.17) is 4.74 Å². The molecule has 0 spiro atoms. The molecule has 2 heteroatoms. The third-order valence-electron chi connectivity index (χ3n) is 5.00. The van der Waals surface area contributed by atoms with Crippen LogP contribution >= 0.6 is 0 Å². The summed E-state index contributed by atoms with van der Waals surface area (Å²) in [4.78, 5) is 0. The summed E-state index contributed by atoms with van der Waals surface area (Å²) < 4.78 is 7.21. The van der Waals surface area contributed by atoms with E-state index in [-0.39, 0.29) is 0 Å². The lowest BCUT2D eigenvalue weighted by Crippen LogP contribution is -2.50. The summed E-state index contributed by atoms with van der Waals surface area (Å²) in [7, 11) is 0. The Kier molecular flexibility index (Phi) is 11.6. The summed E-state index contributed by atoms with van der Waals surface area (Å²) in [5, 5.41) is 0. The van der Waals surface area contributed by atoms with Gasteiger partial charge in [-0.25, -0.2) is 0 Å². The van der Waals surface area contributed by atoms with Gasteiger partial charge in [-0.1, -0.05) is 58.2 Å². The van der Waals surface area contributed by atoms with Gasteiger partial charge in [0.15, 0.2) is 0 Å². The Hall–Kier alpha value is -1.02. The Morgan fingerprint density at radius 3 is 1.67 bits per heavy atom. The molecule has 1 rings (SSSR count). The fourth-order valence-corrected chi connectivity index (χ4v) is 3.41. The first kappa shape index (κ1) is 21.0. The first-order valence-electron chi connectivity index (χ1n) is 10.3. The van der Waals surface area contributed by atoms with Crippen molar-refractivity contribution in [2.75, 3.05) is 32.8 Å². The number of hydrogen-bond acceptors (Lipinski definition) is 1. The van der Waals surface area contributed by atoms with Crippen molar-refractivity contribution >= 4 is 0 Å². The van der Waals surface area contributed by atoms with Crippen LogP contribution in [0, 0.1) is 0 Å². The summed E-state index contributed by atoms with van der Waals surface area (Å²) in [5.41, 5.74) is 0. The average molecular weight is 335 g/mol. The fraction of sp³-hybridized carbons (Fsp3) is 0.727. The van der Waals surface area contributed by atoms with E-state index in [1.54, 1.807) is 0 Å². The number of para-hydroxylation sites is 1. The molecule has 0 aliphatic carbocycles. The molecule has 1 aromatic rings. The molecule has 0 atom stereocenters. The van der Waals surface area contributed by atoms with Crippen LogP contribution < -0.4 is 4.74 Å². The normalized spacial score (nSPS) is 11.6. The van der Waals surface area contributed by atoms with Crippen LogP contribution in [0.5, 0.6) is 5.75 Å². The van der Waals surface area contributed by atoms with E-state index in [0.29, 0.717) is 0 Å². The SMILES string of the molecule is CCCC[N+](CCCC)(CCCC)CCCCOc1ccccc1. The van der Waals surface area contributed by atoms with Crippen molar-refractivity contribution in [2.45, 2.75) is 72.1 Å². The van der Waals surface area contributed by atoms with E-state index in [2.05, 4.69) is 20.8 Å². The second-order valence-corrected chi connectivity index (χ2v) is 7.17. The van der Waals surface area contributed by atoms with Crippen molar-refractivity contribution in [3.63, 3.8) is 0 Å². The Labute approximate surface area is 150 Å². The van der Waals surface area contributed by atoms with Crippen LogP contribution in [0.4, 0.5) is 0 Å². The van der Waals surface area contributed by atoms with Gasteiger partial charge in [-0.2, -0.15) is 0 Å².